The number of nitrogens with zero attached hydrogens (tertiary/aromatic N) is 2. The molecule has 7 heteroatoms. The normalized spacial score (nSPS) is 14.9. The van der Waals surface area contributed by atoms with Gasteiger partial charge in [0, 0.05) is 19.0 Å². The molecule has 6 nitrogen and oxygen atoms in total. The molecule has 0 aromatic heterocycles. The number of sulfonamides is 1. The smallest absolute Gasteiger partial charge is 0.217 e. The molecular formula is C14H19N3O3S. The molecule has 1 aliphatic rings. The van der Waals surface area contributed by atoms with Crippen LogP contribution >= 0.6 is 0 Å². The summed E-state index contributed by atoms with van der Waals surface area (Å²) in [6, 6.07) is 9.02. The van der Waals surface area contributed by atoms with Crippen LogP contribution in [0.5, 0.6) is 5.75 Å². The lowest BCUT2D eigenvalue weighted by Gasteiger charge is -2.20. The first-order chi connectivity index (χ1) is 10.0. The highest BCUT2D eigenvalue weighted by molar-refractivity contribution is 7.89. The fourth-order valence-corrected chi connectivity index (χ4v) is 3.62. The fraction of sp³-hybridized carbons (Fsp3) is 0.500. The Morgan fingerprint density at radius 3 is 2.71 bits per heavy atom. The minimum atomic E-state index is -3.40. The third-order valence-electron chi connectivity index (χ3n) is 3.27. The summed E-state index contributed by atoms with van der Waals surface area (Å²) in [5.74, 6) is 0.381. The number of benzene rings is 1. The van der Waals surface area contributed by atoms with Crippen LogP contribution in [0.3, 0.4) is 0 Å². The third-order valence-corrected chi connectivity index (χ3v) is 5.15. The van der Waals surface area contributed by atoms with Crippen molar-refractivity contribution >= 4 is 15.7 Å². The van der Waals surface area contributed by atoms with Crippen molar-refractivity contribution in [3.8, 4) is 11.8 Å². The van der Waals surface area contributed by atoms with Gasteiger partial charge >= 0.3 is 0 Å². The highest BCUT2D eigenvalue weighted by Gasteiger charge is 2.36. The molecule has 1 fully saturated rings. The van der Waals surface area contributed by atoms with E-state index in [0.29, 0.717) is 11.4 Å². The number of anilines is 1. The molecular weight excluding hydrogens is 290 g/mol. The first kappa shape index (κ1) is 15.6. The molecule has 1 aromatic carbocycles. The summed E-state index contributed by atoms with van der Waals surface area (Å²) >= 11 is 0. The van der Waals surface area contributed by atoms with E-state index in [9.17, 15) is 8.42 Å². The average Bonchev–Trinajstić information content (AvgIpc) is 3.26. The predicted molar refractivity (Wildman–Crippen MR) is 80.1 cm³/mol. The van der Waals surface area contributed by atoms with E-state index in [1.54, 1.807) is 24.3 Å². The number of nitrogen functional groups attached to an aromatic ring is 1. The molecule has 1 aliphatic carbocycles. The zero-order chi connectivity index (χ0) is 15.3. The van der Waals surface area contributed by atoms with Crippen molar-refractivity contribution in [3.63, 3.8) is 0 Å². The van der Waals surface area contributed by atoms with Crippen molar-refractivity contribution in [3.05, 3.63) is 24.3 Å². The Balaban J connectivity index is 1.91. The maximum Gasteiger partial charge on any atom is 0.217 e. The summed E-state index contributed by atoms with van der Waals surface area (Å²) in [7, 11) is -3.40. The van der Waals surface area contributed by atoms with Gasteiger partial charge in [0.2, 0.25) is 10.0 Å². The van der Waals surface area contributed by atoms with E-state index in [-0.39, 0.29) is 31.4 Å². The van der Waals surface area contributed by atoms with Crippen LogP contribution in [0.15, 0.2) is 24.3 Å². The van der Waals surface area contributed by atoms with Gasteiger partial charge in [-0.15, -0.1) is 0 Å². The van der Waals surface area contributed by atoms with Crippen LogP contribution in [-0.4, -0.2) is 37.7 Å². The van der Waals surface area contributed by atoms with Gasteiger partial charge < -0.3 is 10.5 Å². The number of rotatable bonds is 8. The molecule has 1 aromatic rings. The summed E-state index contributed by atoms with van der Waals surface area (Å²) in [6.07, 6.45) is 1.95. The van der Waals surface area contributed by atoms with Crippen molar-refractivity contribution < 1.29 is 13.2 Å². The Labute approximate surface area is 125 Å². The number of hydrogen-bond donors (Lipinski definition) is 1. The highest BCUT2D eigenvalue weighted by atomic mass is 32.2. The first-order valence-corrected chi connectivity index (χ1v) is 8.49. The summed E-state index contributed by atoms with van der Waals surface area (Å²) < 4.78 is 31.5. The lowest BCUT2D eigenvalue weighted by molar-refractivity contribution is 0.335. The van der Waals surface area contributed by atoms with Crippen molar-refractivity contribution in [1.82, 2.24) is 4.31 Å². The van der Waals surface area contributed by atoms with Crippen LogP contribution < -0.4 is 10.5 Å². The van der Waals surface area contributed by atoms with E-state index in [1.807, 2.05) is 6.07 Å². The van der Waals surface area contributed by atoms with Crippen LogP contribution in [0.25, 0.3) is 0 Å². The molecule has 114 valence electrons. The van der Waals surface area contributed by atoms with E-state index in [2.05, 4.69) is 0 Å². The molecule has 0 atom stereocenters. The van der Waals surface area contributed by atoms with Gasteiger partial charge in [-0.1, -0.05) is 12.1 Å². The Hall–Kier alpha value is -1.78. The second-order valence-corrected chi connectivity index (χ2v) is 6.99. The Morgan fingerprint density at radius 2 is 2.10 bits per heavy atom. The number of ether oxygens (including phenoxy) is 1. The molecule has 0 unspecified atom stereocenters. The second-order valence-electron chi connectivity index (χ2n) is 4.95. The number of nitriles is 1. The molecule has 2 rings (SSSR count). The zero-order valence-electron chi connectivity index (χ0n) is 11.7. The first-order valence-electron chi connectivity index (χ1n) is 6.88. The lowest BCUT2D eigenvalue weighted by atomic mass is 10.3. The molecule has 0 spiro atoms. The molecule has 0 saturated heterocycles. The van der Waals surface area contributed by atoms with Gasteiger partial charge in [-0.3, -0.25) is 0 Å². The van der Waals surface area contributed by atoms with Crippen LogP contribution in [-0.2, 0) is 10.0 Å². The summed E-state index contributed by atoms with van der Waals surface area (Å²) in [6.45, 7) is 0.309. The topological polar surface area (TPSA) is 96.4 Å². The van der Waals surface area contributed by atoms with Crippen LogP contribution in [0.4, 0.5) is 5.69 Å². The monoisotopic (exact) mass is 309 g/mol. The van der Waals surface area contributed by atoms with Gasteiger partial charge in [-0.2, -0.15) is 9.57 Å². The van der Waals surface area contributed by atoms with Crippen LogP contribution in [0, 0.1) is 11.3 Å². The zero-order valence-corrected chi connectivity index (χ0v) is 12.6. The van der Waals surface area contributed by atoms with Gasteiger partial charge in [0.15, 0.2) is 0 Å². The molecule has 21 heavy (non-hydrogen) atoms. The minimum absolute atomic E-state index is 0.0479. The van der Waals surface area contributed by atoms with Crippen molar-refractivity contribution in [2.45, 2.75) is 25.3 Å². The van der Waals surface area contributed by atoms with E-state index < -0.39 is 10.0 Å². The molecule has 0 heterocycles. The van der Waals surface area contributed by atoms with E-state index in [1.165, 1.54) is 4.31 Å². The predicted octanol–water partition coefficient (Wildman–Crippen LogP) is 1.36. The molecule has 0 bridgehead atoms. The van der Waals surface area contributed by atoms with Crippen molar-refractivity contribution in [1.29, 1.82) is 5.26 Å². The largest absolute Gasteiger partial charge is 0.490 e. The summed E-state index contributed by atoms with van der Waals surface area (Å²) in [5, 5.41) is 8.63. The lowest BCUT2D eigenvalue weighted by Crippen LogP contribution is -2.37. The second kappa shape index (κ2) is 6.78. The maximum atomic E-state index is 12.3. The van der Waals surface area contributed by atoms with Crippen molar-refractivity contribution in [2.24, 2.45) is 0 Å². The van der Waals surface area contributed by atoms with Gasteiger partial charge in [0.25, 0.3) is 0 Å². The standard InChI is InChI=1S/C14H19N3O3S/c15-8-3-9-17(12-6-7-12)21(18,19)11-10-20-14-5-2-1-4-13(14)16/h1-2,4-5,12H,3,6-7,9-11,16H2. The molecule has 2 N–H and O–H groups in total. The SMILES string of the molecule is N#CCCN(C1CC1)S(=O)(=O)CCOc1ccccc1N. The Kier molecular flexibility index (Phi) is 5.04. The quantitative estimate of drug-likeness (QED) is 0.731. The van der Waals surface area contributed by atoms with Gasteiger partial charge in [0.05, 0.1) is 17.5 Å². The Bertz CT molecular complexity index is 621. The van der Waals surface area contributed by atoms with E-state index in [4.69, 9.17) is 15.7 Å². The molecule has 0 aliphatic heterocycles. The highest BCUT2D eigenvalue weighted by Crippen LogP contribution is 2.29. The third kappa shape index (κ3) is 4.34. The average molecular weight is 309 g/mol. The number of para-hydroxylation sites is 2. The Morgan fingerprint density at radius 1 is 1.38 bits per heavy atom. The maximum absolute atomic E-state index is 12.3. The number of nitrogens with two attached hydrogens (primary N) is 1. The summed E-state index contributed by atoms with van der Waals surface area (Å²) in [4.78, 5) is 0. The van der Waals surface area contributed by atoms with Crippen LogP contribution in [0.2, 0.25) is 0 Å². The van der Waals surface area contributed by atoms with Gasteiger partial charge in [0.1, 0.15) is 12.4 Å². The minimum Gasteiger partial charge on any atom is -0.490 e. The number of hydrogen-bond acceptors (Lipinski definition) is 5. The van der Waals surface area contributed by atoms with E-state index in [0.717, 1.165) is 12.8 Å². The fourth-order valence-electron chi connectivity index (χ4n) is 2.06. The van der Waals surface area contributed by atoms with E-state index >= 15 is 0 Å². The molecule has 0 radical (unpaired) electrons. The van der Waals surface area contributed by atoms with Gasteiger partial charge in [-0.25, -0.2) is 8.42 Å². The van der Waals surface area contributed by atoms with Crippen molar-refractivity contribution in [2.75, 3.05) is 24.6 Å². The van der Waals surface area contributed by atoms with Gasteiger partial charge in [-0.05, 0) is 25.0 Å². The summed E-state index contributed by atoms with van der Waals surface area (Å²) in [5.41, 5.74) is 6.22. The van der Waals surface area contributed by atoms with Crippen LogP contribution in [0.1, 0.15) is 19.3 Å². The molecule has 1 saturated carbocycles. The molecule has 0 amide bonds.